The SMILES string of the molecule is COc1ccc([C@H]2CC(=O)C3=C(C2)NC(C)=C(C(=O)OC2CCCCC2)[C@H]3c2cc(Br)ccc2OC)cc1OC. The third-order valence-electron chi connectivity index (χ3n) is 8.26. The van der Waals surface area contributed by atoms with Gasteiger partial charge in [0, 0.05) is 33.4 Å². The lowest BCUT2D eigenvalue weighted by molar-refractivity contribution is -0.146. The number of esters is 1. The van der Waals surface area contributed by atoms with E-state index in [0.717, 1.165) is 47.0 Å². The summed E-state index contributed by atoms with van der Waals surface area (Å²) in [6.45, 7) is 1.89. The standard InChI is InChI=1S/C32H36BrNO6/c1-18-29(32(36)40-22-8-6-5-7-9-22)30(23-17-21(33)11-13-26(23)37-2)31-24(34-18)14-20(15-25(31)35)19-10-12-27(38-3)28(16-19)39-4/h10-13,16-17,20,22,30,34H,5-9,14-15H2,1-4H3/t20-,30-/m1/s1. The lowest BCUT2D eigenvalue weighted by Crippen LogP contribution is -2.37. The summed E-state index contributed by atoms with van der Waals surface area (Å²) in [6.07, 6.45) is 5.86. The van der Waals surface area contributed by atoms with Crippen LogP contribution in [-0.4, -0.2) is 39.2 Å². The van der Waals surface area contributed by atoms with Crippen LogP contribution >= 0.6 is 15.9 Å². The van der Waals surface area contributed by atoms with Crippen molar-refractivity contribution in [3.05, 3.63) is 74.5 Å². The van der Waals surface area contributed by atoms with Gasteiger partial charge in [0.2, 0.25) is 0 Å². The maximum absolute atomic E-state index is 14.0. The predicted octanol–water partition coefficient (Wildman–Crippen LogP) is 6.71. The molecule has 2 aliphatic carbocycles. The van der Waals surface area contributed by atoms with Crippen LogP contribution in [0.4, 0.5) is 0 Å². The molecule has 3 aliphatic rings. The molecule has 212 valence electrons. The molecule has 8 heteroatoms. The van der Waals surface area contributed by atoms with Gasteiger partial charge in [-0.3, -0.25) is 4.79 Å². The van der Waals surface area contributed by atoms with Crippen molar-refractivity contribution < 1.29 is 28.5 Å². The van der Waals surface area contributed by atoms with Crippen LogP contribution in [0.15, 0.2) is 63.4 Å². The van der Waals surface area contributed by atoms with E-state index < -0.39 is 5.92 Å². The molecule has 2 aromatic rings. The molecule has 7 nitrogen and oxygen atoms in total. The number of hydrogen-bond donors (Lipinski definition) is 1. The van der Waals surface area contributed by atoms with Crippen molar-refractivity contribution in [2.24, 2.45) is 0 Å². The second-order valence-corrected chi connectivity index (χ2v) is 11.6. The van der Waals surface area contributed by atoms with Gasteiger partial charge in [0.1, 0.15) is 11.9 Å². The fourth-order valence-electron chi connectivity index (χ4n) is 6.29. The molecule has 0 unspecified atom stereocenters. The monoisotopic (exact) mass is 609 g/mol. The molecule has 2 aromatic carbocycles. The fourth-order valence-corrected chi connectivity index (χ4v) is 6.67. The van der Waals surface area contributed by atoms with Gasteiger partial charge in [-0.2, -0.15) is 0 Å². The number of nitrogens with one attached hydrogen (secondary N) is 1. The van der Waals surface area contributed by atoms with E-state index in [9.17, 15) is 9.59 Å². The Balaban J connectivity index is 1.56. The van der Waals surface area contributed by atoms with Crippen LogP contribution in [0, 0.1) is 0 Å². The van der Waals surface area contributed by atoms with Crippen LogP contribution in [0.1, 0.15) is 74.8 Å². The van der Waals surface area contributed by atoms with Gasteiger partial charge in [-0.25, -0.2) is 4.79 Å². The summed E-state index contributed by atoms with van der Waals surface area (Å²) in [6, 6.07) is 11.5. The van der Waals surface area contributed by atoms with E-state index in [1.807, 2.05) is 43.3 Å². The lowest BCUT2D eigenvalue weighted by Gasteiger charge is -2.37. The number of allylic oxidation sites excluding steroid dienone is 3. The molecule has 1 saturated carbocycles. The number of halogens is 1. The Hall–Kier alpha value is -3.26. The first-order valence-corrected chi connectivity index (χ1v) is 14.6. The number of hydrogen-bond acceptors (Lipinski definition) is 7. The Kier molecular flexibility index (Phi) is 8.54. The van der Waals surface area contributed by atoms with Crippen molar-refractivity contribution in [3.63, 3.8) is 0 Å². The molecule has 5 rings (SSSR count). The third kappa shape index (κ3) is 5.51. The molecule has 1 aliphatic heterocycles. The zero-order valence-electron chi connectivity index (χ0n) is 23.5. The second kappa shape index (κ2) is 12.1. The molecule has 0 radical (unpaired) electrons. The van der Waals surface area contributed by atoms with Crippen LogP contribution in [0.2, 0.25) is 0 Å². The van der Waals surface area contributed by atoms with E-state index in [0.29, 0.717) is 46.9 Å². The number of ether oxygens (including phenoxy) is 4. The molecule has 2 atom stereocenters. The van der Waals surface area contributed by atoms with Crippen molar-refractivity contribution in [1.82, 2.24) is 5.32 Å². The summed E-state index contributed by atoms with van der Waals surface area (Å²) in [5.41, 5.74) is 4.37. The zero-order valence-corrected chi connectivity index (χ0v) is 25.1. The molecule has 0 spiro atoms. The Morgan fingerprint density at radius 3 is 2.30 bits per heavy atom. The average Bonchev–Trinajstić information content (AvgIpc) is 2.96. The van der Waals surface area contributed by atoms with Gasteiger partial charge in [0.25, 0.3) is 0 Å². The van der Waals surface area contributed by atoms with E-state index in [1.165, 1.54) is 6.42 Å². The Labute approximate surface area is 244 Å². The number of ketones is 1. The van der Waals surface area contributed by atoms with Crippen molar-refractivity contribution in [3.8, 4) is 17.2 Å². The number of Topliss-reactive ketones (excluding diaryl/α,β-unsaturated/α-hetero) is 1. The number of dihydropyridines is 1. The van der Waals surface area contributed by atoms with Crippen LogP contribution in [0.3, 0.4) is 0 Å². The highest BCUT2D eigenvalue weighted by Gasteiger charge is 2.43. The quantitative estimate of drug-likeness (QED) is 0.349. The zero-order chi connectivity index (χ0) is 28.4. The average molecular weight is 611 g/mol. The molecule has 0 amide bonds. The molecule has 40 heavy (non-hydrogen) atoms. The number of rotatable bonds is 7. The third-order valence-corrected chi connectivity index (χ3v) is 8.75. The highest BCUT2D eigenvalue weighted by Crippen LogP contribution is 2.49. The first kappa shape index (κ1) is 28.3. The summed E-state index contributed by atoms with van der Waals surface area (Å²) < 4.78 is 23.6. The Morgan fingerprint density at radius 2 is 1.60 bits per heavy atom. The fraction of sp³-hybridized carbons (Fsp3) is 0.438. The second-order valence-electron chi connectivity index (χ2n) is 10.7. The van der Waals surface area contributed by atoms with Crippen molar-refractivity contribution in [1.29, 1.82) is 0 Å². The number of methoxy groups -OCH3 is 3. The van der Waals surface area contributed by atoms with Crippen LogP contribution in [0.25, 0.3) is 0 Å². The molecular weight excluding hydrogens is 574 g/mol. The molecule has 1 N–H and O–H groups in total. The van der Waals surface area contributed by atoms with Crippen molar-refractivity contribution in [2.75, 3.05) is 21.3 Å². The molecule has 1 fully saturated rings. The largest absolute Gasteiger partial charge is 0.496 e. The van der Waals surface area contributed by atoms with Crippen LogP contribution in [-0.2, 0) is 14.3 Å². The van der Waals surface area contributed by atoms with Gasteiger partial charge in [0.15, 0.2) is 17.3 Å². The topological polar surface area (TPSA) is 83.1 Å². The predicted molar refractivity (Wildman–Crippen MR) is 156 cm³/mol. The molecule has 0 saturated heterocycles. The minimum Gasteiger partial charge on any atom is -0.496 e. The summed E-state index contributed by atoms with van der Waals surface area (Å²) in [7, 11) is 4.82. The maximum atomic E-state index is 14.0. The van der Waals surface area contributed by atoms with Gasteiger partial charge >= 0.3 is 5.97 Å². The molecule has 0 aromatic heterocycles. The minimum atomic E-state index is -0.598. The first-order chi connectivity index (χ1) is 19.3. The summed E-state index contributed by atoms with van der Waals surface area (Å²) in [5, 5.41) is 3.45. The molecular formula is C32H36BrNO6. The highest BCUT2D eigenvalue weighted by atomic mass is 79.9. The summed E-state index contributed by atoms with van der Waals surface area (Å²) >= 11 is 3.59. The van der Waals surface area contributed by atoms with E-state index in [1.54, 1.807) is 21.3 Å². The van der Waals surface area contributed by atoms with E-state index in [2.05, 4.69) is 21.2 Å². The van der Waals surface area contributed by atoms with Gasteiger partial charge in [-0.15, -0.1) is 0 Å². The molecule has 1 heterocycles. The Bertz CT molecular complexity index is 1370. The lowest BCUT2D eigenvalue weighted by atomic mass is 9.71. The van der Waals surface area contributed by atoms with Gasteiger partial charge in [-0.05, 0) is 80.8 Å². The number of carbonyl (C=O) groups excluding carboxylic acids is 2. The summed E-state index contributed by atoms with van der Waals surface area (Å²) in [4.78, 5) is 27.9. The van der Waals surface area contributed by atoms with E-state index in [-0.39, 0.29) is 23.8 Å². The summed E-state index contributed by atoms with van der Waals surface area (Å²) in [5.74, 6) is 0.870. The first-order valence-electron chi connectivity index (χ1n) is 13.8. The molecule has 0 bridgehead atoms. The van der Waals surface area contributed by atoms with Gasteiger partial charge in [-0.1, -0.05) is 28.4 Å². The number of carbonyl (C=O) groups is 2. The van der Waals surface area contributed by atoms with Crippen molar-refractivity contribution >= 4 is 27.7 Å². The smallest absolute Gasteiger partial charge is 0.337 e. The van der Waals surface area contributed by atoms with Gasteiger partial charge < -0.3 is 24.3 Å². The van der Waals surface area contributed by atoms with Gasteiger partial charge in [0.05, 0.1) is 32.8 Å². The van der Waals surface area contributed by atoms with Crippen molar-refractivity contribution in [2.45, 2.75) is 69.8 Å². The maximum Gasteiger partial charge on any atom is 0.337 e. The number of benzene rings is 2. The normalized spacial score (nSPS) is 21.5. The van der Waals surface area contributed by atoms with Crippen LogP contribution in [0.5, 0.6) is 17.2 Å². The van der Waals surface area contributed by atoms with Crippen LogP contribution < -0.4 is 19.5 Å². The van der Waals surface area contributed by atoms with E-state index >= 15 is 0 Å². The van der Waals surface area contributed by atoms with E-state index in [4.69, 9.17) is 18.9 Å². The highest BCUT2D eigenvalue weighted by molar-refractivity contribution is 9.10. The Morgan fingerprint density at radius 1 is 0.900 bits per heavy atom. The minimum absolute atomic E-state index is 0.00368.